The Labute approximate surface area is 222 Å². The van der Waals surface area contributed by atoms with Crippen molar-refractivity contribution in [3.63, 3.8) is 0 Å². The van der Waals surface area contributed by atoms with Gasteiger partial charge >= 0.3 is 0 Å². The van der Waals surface area contributed by atoms with Crippen molar-refractivity contribution in [3.8, 4) is 33.8 Å². The summed E-state index contributed by atoms with van der Waals surface area (Å²) in [4.78, 5) is 2.28. The molecule has 1 aliphatic heterocycles. The lowest BCUT2D eigenvalue weighted by molar-refractivity contribution is 0.477. The summed E-state index contributed by atoms with van der Waals surface area (Å²) in [5.41, 5.74) is 8.93. The van der Waals surface area contributed by atoms with Crippen molar-refractivity contribution in [2.24, 2.45) is 0 Å². The number of ether oxygens (including phenoxy) is 1. The van der Waals surface area contributed by atoms with Gasteiger partial charge in [0, 0.05) is 14.6 Å². The molecule has 2 nitrogen and oxygen atoms in total. The fourth-order valence-electron chi connectivity index (χ4n) is 4.43. The lowest BCUT2D eigenvalue weighted by Gasteiger charge is -2.33. The van der Waals surface area contributed by atoms with Gasteiger partial charge in [0.1, 0.15) is 0 Å². The zero-order valence-corrected chi connectivity index (χ0v) is 22.2. The maximum atomic E-state index is 6.56. The van der Waals surface area contributed by atoms with Crippen LogP contribution in [0.3, 0.4) is 0 Å². The van der Waals surface area contributed by atoms with E-state index in [4.69, 9.17) is 4.74 Å². The standard InChI is InChI=1S/C31H21Br2NO/c1-20-2-14-27(15-3-20)34-28-16-8-23(21-4-10-25(32)11-5-21)18-30(28)35-31-19-24(9-17-29(31)34)22-6-12-26(33)13-7-22/h2-19H,1H3. The first-order chi connectivity index (χ1) is 17.0. The molecule has 0 spiro atoms. The predicted molar refractivity (Wildman–Crippen MR) is 152 cm³/mol. The van der Waals surface area contributed by atoms with Crippen molar-refractivity contribution in [2.75, 3.05) is 4.90 Å². The molecule has 0 aromatic heterocycles. The molecule has 0 N–H and O–H groups in total. The van der Waals surface area contributed by atoms with E-state index in [1.165, 1.54) is 5.56 Å². The molecule has 4 heteroatoms. The highest BCUT2D eigenvalue weighted by atomic mass is 79.9. The number of anilines is 3. The summed E-state index contributed by atoms with van der Waals surface area (Å²) >= 11 is 7.06. The Morgan fingerprint density at radius 2 is 0.943 bits per heavy atom. The third-order valence-electron chi connectivity index (χ3n) is 6.27. The van der Waals surface area contributed by atoms with Crippen LogP contribution in [0.2, 0.25) is 0 Å². The summed E-state index contributed by atoms with van der Waals surface area (Å²) in [5.74, 6) is 1.68. The molecule has 0 saturated carbocycles. The van der Waals surface area contributed by atoms with Crippen LogP contribution in [0.1, 0.15) is 5.56 Å². The van der Waals surface area contributed by atoms with Crippen LogP contribution in [0, 0.1) is 6.92 Å². The van der Waals surface area contributed by atoms with Gasteiger partial charge in [0.15, 0.2) is 11.5 Å². The Bertz CT molecular complexity index is 1430. The average Bonchev–Trinajstić information content (AvgIpc) is 2.88. The van der Waals surface area contributed by atoms with Crippen LogP contribution in [-0.2, 0) is 0 Å². The summed E-state index contributed by atoms with van der Waals surface area (Å²) in [6.07, 6.45) is 0. The second kappa shape index (κ2) is 9.03. The Morgan fingerprint density at radius 1 is 0.514 bits per heavy atom. The minimum absolute atomic E-state index is 0.839. The van der Waals surface area contributed by atoms with E-state index < -0.39 is 0 Å². The molecule has 5 aromatic carbocycles. The fourth-order valence-corrected chi connectivity index (χ4v) is 4.95. The van der Waals surface area contributed by atoms with Crippen molar-refractivity contribution < 1.29 is 4.74 Å². The van der Waals surface area contributed by atoms with Crippen LogP contribution in [0.15, 0.2) is 118 Å². The highest BCUT2D eigenvalue weighted by Gasteiger charge is 2.26. The van der Waals surface area contributed by atoms with Gasteiger partial charge < -0.3 is 9.64 Å². The van der Waals surface area contributed by atoms with Crippen LogP contribution < -0.4 is 9.64 Å². The van der Waals surface area contributed by atoms with Crippen molar-refractivity contribution in [1.82, 2.24) is 0 Å². The summed E-state index contributed by atoms with van der Waals surface area (Å²) in [7, 11) is 0. The van der Waals surface area contributed by atoms with E-state index in [0.717, 1.165) is 59.8 Å². The van der Waals surface area contributed by atoms with Crippen molar-refractivity contribution >= 4 is 48.9 Å². The first-order valence-electron chi connectivity index (χ1n) is 11.4. The van der Waals surface area contributed by atoms with Gasteiger partial charge in [-0.25, -0.2) is 0 Å². The molecule has 0 atom stereocenters. The molecular weight excluding hydrogens is 562 g/mol. The number of hydrogen-bond donors (Lipinski definition) is 0. The SMILES string of the molecule is Cc1ccc(N2c3ccc(-c4ccc(Br)cc4)cc3Oc3cc(-c4ccc(Br)cc4)ccc32)cc1. The zero-order chi connectivity index (χ0) is 23.9. The van der Waals surface area contributed by atoms with Crippen LogP contribution >= 0.6 is 31.9 Å². The minimum Gasteiger partial charge on any atom is -0.453 e. The number of aryl methyl sites for hydroxylation is 1. The van der Waals surface area contributed by atoms with Crippen LogP contribution in [0.5, 0.6) is 11.5 Å². The summed E-state index contributed by atoms with van der Waals surface area (Å²) in [6, 6.07) is 38.2. The summed E-state index contributed by atoms with van der Waals surface area (Å²) in [5, 5.41) is 0. The average molecular weight is 583 g/mol. The molecule has 0 amide bonds. The number of nitrogens with zero attached hydrogens (tertiary/aromatic N) is 1. The lowest BCUT2D eigenvalue weighted by atomic mass is 10.0. The van der Waals surface area contributed by atoms with Gasteiger partial charge in [-0.2, -0.15) is 0 Å². The summed E-state index contributed by atoms with van der Waals surface area (Å²) < 4.78 is 8.69. The Morgan fingerprint density at radius 3 is 1.40 bits per heavy atom. The molecule has 35 heavy (non-hydrogen) atoms. The van der Waals surface area contributed by atoms with Gasteiger partial charge in [0.05, 0.1) is 11.4 Å². The third-order valence-corrected chi connectivity index (χ3v) is 7.33. The van der Waals surface area contributed by atoms with Crippen molar-refractivity contribution in [2.45, 2.75) is 6.92 Å². The van der Waals surface area contributed by atoms with E-state index in [9.17, 15) is 0 Å². The summed E-state index contributed by atoms with van der Waals surface area (Å²) in [6.45, 7) is 2.11. The molecular formula is C31H21Br2NO. The van der Waals surface area contributed by atoms with E-state index in [1.54, 1.807) is 0 Å². The minimum atomic E-state index is 0.839. The van der Waals surface area contributed by atoms with E-state index in [0.29, 0.717) is 0 Å². The monoisotopic (exact) mass is 581 g/mol. The van der Waals surface area contributed by atoms with Gasteiger partial charge in [-0.15, -0.1) is 0 Å². The molecule has 0 bridgehead atoms. The Kier molecular flexibility index (Phi) is 5.71. The van der Waals surface area contributed by atoms with E-state index in [2.05, 4.69) is 153 Å². The Hall–Kier alpha value is -3.34. The predicted octanol–water partition coefficient (Wildman–Crippen LogP) is 10.4. The van der Waals surface area contributed by atoms with Gasteiger partial charge in [-0.1, -0.05) is 86.0 Å². The second-order valence-corrected chi connectivity index (χ2v) is 10.5. The largest absolute Gasteiger partial charge is 0.453 e. The smallest absolute Gasteiger partial charge is 0.152 e. The van der Waals surface area contributed by atoms with Crippen LogP contribution in [-0.4, -0.2) is 0 Å². The number of halogens is 2. The molecule has 6 rings (SSSR count). The number of hydrogen-bond acceptors (Lipinski definition) is 2. The van der Waals surface area contributed by atoms with Crippen molar-refractivity contribution in [3.05, 3.63) is 124 Å². The van der Waals surface area contributed by atoms with E-state index in [-0.39, 0.29) is 0 Å². The number of fused-ring (bicyclic) bond motifs is 2. The topological polar surface area (TPSA) is 12.5 Å². The van der Waals surface area contributed by atoms with Gasteiger partial charge in [0.25, 0.3) is 0 Å². The highest BCUT2D eigenvalue weighted by molar-refractivity contribution is 9.10. The van der Waals surface area contributed by atoms with Gasteiger partial charge in [0.2, 0.25) is 0 Å². The van der Waals surface area contributed by atoms with Crippen LogP contribution in [0.4, 0.5) is 17.1 Å². The molecule has 0 fully saturated rings. The lowest BCUT2D eigenvalue weighted by Crippen LogP contribution is -2.16. The Balaban J connectivity index is 1.49. The number of rotatable bonds is 3. The third kappa shape index (κ3) is 4.29. The van der Waals surface area contributed by atoms with Crippen molar-refractivity contribution in [1.29, 1.82) is 0 Å². The second-order valence-electron chi connectivity index (χ2n) is 8.65. The van der Waals surface area contributed by atoms with E-state index in [1.807, 2.05) is 0 Å². The molecule has 0 aliphatic carbocycles. The molecule has 1 aliphatic rings. The first-order valence-corrected chi connectivity index (χ1v) is 13.0. The maximum Gasteiger partial charge on any atom is 0.152 e. The molecule has 170 valence electrons. The fraction of sp³-hybridized carbons (Fsp3) is 0.0323. The van der Waals surface area contributed by atoms with E-state index >= 15 is 0 Å². The molecule has 0 radical (unpaired) electrons. The first kappa shape index (κ1) is 22.1. The maximum absolute atomic E-state index is 6.56. The van der Waals surface area contributed by atoms with Crippen LogP contribution in [0.25, 0.3) is 22.3 Å². The molecule has 1 heterocycles. The van der Waals surface area contributed by atoms with Gasteiger partial charge in [-0.05, 0) is 89.8 Å². The molecule has 0 unspecified atom stereocenters. The zero-order valence-electron chi connectivity index (χ0n) is 19.0. The normalized spacial score (nSPS) is 12.0. The van der Waals surface area contributed by atoms with Gasteiger partial charge in [-0.3, -0.25) is 0 Å². The number of benzene rings is 5. The highest BCUT2D eigenvalue weighted by Crippen LogP contribution is 2.52. The quantitative estimate of drug-likeness (QED) is 0.206. The molecule has 5 aromatic rings. The molecule has 0 saturated heterocycles.